The average molecular weight is 290 g/mol. The third-order valence-corrected chi connectivity index (χ3v) is 2.61. The Morgan fingerprint density at radius 3 is 2.00 bits per heavy atom. The van der Waals surface area contributed by atoms with Gasteiger partial charge in [0.25, 0.3) is 0 Å². The summed E-state index contributed by atoms with van der Waals surface area (Å²) >= 11 is 5.54. The van der Waals surface area contributed by atoms with Crippen molar-refractivity contribution < 1.29 is 19.4 Å². The van der Waals surface area contributed by atoms with Gasteiger partial charge in [0.1, 0.15) is 12.5 Å². The van der Waals surface area contributed by atoms with E-state index in [1.807, 2.05) is 13.8 Å². The molecule has 0 bridgehead atoms. The summed E-state index contributed by atoms with van der Waals surface area (Å²) in [5.41, 5.74) is 0.143. The first-order valence-corrected chi connectivity index (χ1v) is 6.09. The van der Waals surface area contributed by atoms with Crippen molar-refractivity contribution in [2.45, 2.75) is 26.3 Å². The normalized spacial score (nSPS) is 13.1. The molecule has 0 aliphatic heterocycles. The van der Waals surface area contributed by atoms with Gasteiger partial charge in [-0.2, -0.15) is 0 Å². The van der Waals surface area contributed by atoms with Crippen LogP contribution in [0.25, 0.3) is 0 Å². The van der Waals surface area contributed by atoms with E-state index in [4.69, 9.17) is 26.2 Å². The zero-order chi connectivity index (χ0) is 14.8. The fourth-order valence-electron chi connectivity index (χ4n) is 1.10. The van der Waals surface area contributed by atoms with Gasteiger partial charge in [0, 0.05) is 14.2 Å². The molecule has 2 N–H and O–H groups in total. The van der Waals surface area contributed by atoms with E-state index in [2.05, 4.69) is 5.32 Å². The molecule has 2 unspecified atom stereocenters. The highest BCUT2D eigenvalue weighted by atomic mass is 35.5. The SMILES string of the molecule is COC(C)NC(C)OC.O=C(O)c1ccccc1Cl. The van der Waals surface area contributed by atoms with Gasteiger partial charge in [-0.05, 0) is 26.0 Å². The molecule has 2 atom stereocenters. The fraction of sp³-hybridized carbons (Fsp3) is 0.462. The minimum absolute atomic E-state index is 0.0555. The lowest BCUT2D eigenvalue weighted by molar-refractivity contribution is 0.00786. The highest BCUT2D eigenvalue weighted by Crippen LogP contribution is 2.13. The van der Waals surface area contributed by atoms with Gasteiger partial charge in [0.15, 0.2) is 0 Å². The molecule has 0 spiro atoms. The Hall–Kier alpha value is -1.14. The van der Waals surface area contributed by atoms with Gasteiger partial charge in [-0.3, -0.25) is 5.32 Å². The van der Waals surface area contributed by atoms with Gasteiger partial charge in [0.2, 0.25) is 0 Å². The molecule has 0 aliphatic carbocycles. The second-order valence-electron chi connectivity index (χ2n) is 3.71. The van der Waals surface area contributed by atoms with E-state index in [1.54, 1.807) is 32.4 Å². The molecule has 0 amide bonds. The van der Waals surface area contributed by atoms with Crippen LogP contribution in [0, 0.1) is 0 Å². The second kappa shape index (κ2) is 9.75. The number of carboxylic acid groups (broad SMARTS) is 1. The molecule has 6 heteroatoms. The molecule has 0 heterocycles. The maximum absolute atomic E-state index is 10.3. The average Bonchev–Trinajstić information content (AvgIpc) is 2.39. The molecular weight excluding hydrogens is 270 g/mol. The van der Waals surface area contributed by atoms with E-state index in [9.17, 15) is 4.79 Å². The summed E-state index contributed by atoms with van der Waals surface area (Å²) in [6.45, 7) is 3.85. The lowest BCUT2D eigenvalue weighted by Crippen LogP contribution is -2.36. The lowest BCUT2D eigenvalue weighted by atomic mass is 10.2. The van der Waals surface area contributed by atoms with Gasteiger partial charge in [0.05, 0.1) is 10.6 Å². The third-order valence-electron chi connectivity index (χ3n) is 2.28. The number of carbonyl (C=O) groups is 1. The van der Waals surface area contributed by atoms with E-state index in [1.165, 1.54) is 6.07 Å². The van der Waals surface area contributed by atoms with Crippen LogP contribution in [0.3, 0.4) is 0 Å². The maximum Gasteiger partial charge on any atom is 0.337 e. The van der Waals surface area contributed by atoms with Gasteiger partial charge in [-0.1, -0.05) is 23.7 Å². The highest BCUT2D eigenvalue weighted by molar-refractivity contribution is 6.33. The first-order valence-electron chi connectivity index (χ1n) is 5.71. The van der Waals surface area contributed by atoms with Crippen LogP contribution in [0.4, 0.5) is 0 Å². The van der Waals surface area contributed by atoms with Crippen LogP contribution < -0.4 is 5.32 Å². The number of benzene rings is 1. The van der Waals surface area contributed by atoms with Crippen molar-refractivity contribution in [2.75, 3.05) is 14.2 Å². The number of methoxy groups -OCH3 is 2. The summed E-state index contributed by atoms with van der Waals surface area (Å²) in [4.78, 5) is 10.3. The van der Waals surface area contributed by atoms with Crippen LogP contribution in [0.5, 0.6) is 0 Å². The molecule has 0 saturated carbocycles. The van der Waals surface area contributed by atoms with Crippen LogP contribution in [-0.2, 0) is 9.47 Å². The summed E-state index contributed by atoms with van der Waals surface area (Å²) in [6.07, 6.45) is 0.111. The zero-order valence-corrected chi connectivity index (χ0v) is 12.3. The molecule has 0 aromatic heterocycles. The topological polar surface area (TPSA) is 67.8 Å². The van der Waals surface area contributed by atoms with E-state index in [-0.39, 0.29) is 23.0 Å². The Balaban J connectivity index is 0.000000344. The zero-order valence-electron chi connectivity index (χ0n) is 11.5. The molecule has 1 aromatic carbocycles. The largest absolute Gasteiger partial charge is 0.478 e. The van der Waals surface area contributed by atoms with E-state index in [0.717, 1.165) is 0 Å². The Morgan fingerprint density at radius 1 is 1.21 bits per heavy atom. The standard InChI is InChI=1S/C7H5ClO2.C6H15NO2/c8-6-4-2-1-3-5(6)7(9)10;1-5(8-3)7-6(2)9-4/h1-4H,(H,9,10);5-7H,1-4H3. The second-order valence-corrected chi connectivity index (χ2v) is 4.11. The molecule has 0 fully saturated rings. The molecular formula is C13H20ClNO4. The molecule has 19 heavy (non-hydrogen) atoms. The van der Waals surface area contributed by atoms with Crippen molar-refractivity contribution >= 4 is 17.6 Å². The Kier molecular flexibility index (Phi) is 9.16. The van der Waals surface area contributed by atoms with Crippen molar-refractivity contribution in [1.29, 1.82) is 0 Å². The maximum atomic E-state index is 10.3. The number of halogens is 1. The number of carboxylic acids is 1. The number of aromatic carboxylic acids is 1. The summed E-state index contributed by atoms with van der Waals surface area (Å²) < 4.78 is 9.86. The van der Waals surface area contributed by atoms with Gasteiger partial charge >= 0.3 is 5.97 Å². The van der Waals surface area contributed by atoms with E-state index >= 15 is 0 Å². The van der Waals surface area contributed by atoms with Crippen LogP contribution in [0.2, 0.25) is 5.02 Å². The number of nitrogens with one attached hydrogen (secondary N) is 1. The Bertz CT molecular complexity index is 379. The monoisotopic (exact) mass is 289 g/mol. The first kappa shape index (κ1) is 17.9. The number of hydrogen-bond donors (Lipinski definition) is 2. The molecule has 5 nitrogen and oxygen atoms in total. The minimum Gasteiger partial charge on any atom is -0.478 e. The fourth-order valence-corrected chi connectivity index (χ4v) is 1.32. The van der Waals surface area contributed by atoms with Crippen molar-refractivity contribution in [3.8, 4) is 0 Å². The summed E-state index contributed by atoms with van der Waals surface area (Å²) in [5, 5.41) is 11.8. The van der Waals surface area contributed by atoms with Gasteiger partial charge in [-0.15, -0.1) is 0 Å². The molecule has 0 radical (unpaired) electrons. The van der Waals surface area contributed by atoms with Crippen molar-refractivity contribution in [1.82, 2.24) is 5.32 Å². The number of rotatable bonds is 5. The quantitative estimate of drug-likeness (QED) is 0.816. The van der Waals surface area contributed by atoms with Crippen LogP contribution in [-0.4, -0.2) is 37.8 Å². The molecule has 1 rings (SSSR count). The summed E-state index contributed by atoms with van der Waals surface area (Å²) in [6, 6.07) is 6.33. The molecule has 1 aromatic rings. The lowest BCUT2D eigenvalue weighted by Gasteiger charge is -2.16. The van der Waals surface area contributed by atoms with Crippen molar-refractivity contribution in [2.24, 2.45) is 0 Å². The summed E-state index contributed by atoms with van der Waals surface area (Å²) in [5.74, 6) is -0.995. The number of ether oxygens (including phenoxy) is 2. The molecule has 0 aliphatic rings. The van der Waals surface area contributed by atoms with E-state index < -0.39 is 5.97 Å². The highest BCUT2D eigenvalue weighted by Gasteiger charge is 2.05. The Morgan fingerprint density at radius 2 is 1.68 bits per heavy atom. The van der Waals surface area contributed by atoms with Crippen molar-refractivity contribution in [3.05, 3.63) is 34.9 Å². The van der Waals surface area contributed by atoms with Crippen LogP contribution >= 0.6 is 11.6 Å². The van der Waals surface area contributed by atoms with Gasteiger partial charge < -0.3 is 14.6 Å². The van der Waals surface area contributed by atoms with Crippen molar-refractivity contribution in [3.63, 3.8) is 0 Å². The van der Waals surface area contributed by atoms with Crippen LogP contribution in [0.1, 0.15) is 24.2 Å². The summed E-state index contributed by atoms with van der Waals surface area (Å²) in [7, 11) is 3.31. The smallest absolute Gasteiger partial charge is 0.337 e. The predicted molar refractivity (Wildman–Crippen MR) is 74.5 cm³/mol. The first-order chi connectivity index (χ1) is 8.92. The minimum atomic E-state index is -0.995. The molecule has 108 valence electrons. The van der Waals surface area contributed by atoms with Crippen LogP contribution in [0.15, 0.2) is 24.3 Å². The number of hydrogen-bond acceptors (Lipinski definition) is 4. The van der Waals surface area contributed by atoms with E-state index in [0.29, 0.717) is 0 Å². The third kappa shape index (κ3) is 7.79. The molecule has 0 saturated heterocycles. The van der Waals surface area contributed by atoms with Gasteiger partial charge in [-0.25, -0.2) is 4.79 Å². The Labute approximate surface area is 118 Å². The predicted octanol–water partition coefficient (Wildman–Crippen LogP) is 2.60.